The van der Waals surface area contributed by atoms with Gasteiger partial charge in [0.25, 0.3) is 0 Å². The third-order valence-electron chi connectivity index (χ3n) is 2.34. The smallest absolute Gasteiger partial charge is 0.0762 e. The van der Waals surface area contributed by atoms with Crippen LogP contribution in [0.15, 0.2) is 30.3 Å². The fraction of sp³-hybridized carbons (Fsp3) is 0.250. The second kappa shape index (κ2) is 5.45. The van der Waals surface area contributed by atoms with Crippen molar-refractivity contribution >= 4 is 22.6 Å². The van der Waals surface area contributed by atoms with Crippen LogP contribution in [0.3, 0.4) is 0 Å². The quantitative estimate of drug-likeness (QED) is 0.848. The Labute approximate surface area is 109 Å². The van der Waals surface area contributed by atoms with Gasteiger partial charge in [0.1, 0.15) is 0 Å². The predicted molar refractivity (Wildman–Crippen MR) is 73.0 cm³/mol. The molecule has 0 aliphatic heterocycles. The SMILES string of the molecule is Cc1cc(CNCc2ccccc2I)n[nH]1. The number of hydrogen-bond acceptors (Lipinski definition) is 2. The van der Waals surface area contributed by atoms with Crippen molar-refractivity contribution in [2.75, 3.05) is 0 Å². The average Bonchev–Trinajstić information content (AvgIpc) is 2.67. The summed E-state index contributed by atoms with van der Waals surface area (Å²) >= 11 is 2.36. The number of benzene rings is 1. The van der Waals surface area contributed by atoms with Crippen molar-refractivity contribution in [2.45, 2.75) is 20.0 Å². The van der Waals surface area contributed by atoms with E-state index >= 15 is 0 Å². The Bertz CT molecular complexity index is 465. The van der Waals surface area contributed by atoms with Crippen LogP contribution in [0.5, 0.6) is 0 Å². The first-order valence-electron chi connectivity index (χ1n) is 5.21. The lowest BCUT2D eigenvalue weighted by molar-refractivity contribution is 0.675. The summed E-state index contributed by atoms with van der Waals surface area (Å²) in [5.74, 6) is 0. The summed E-state index contributed by atoms with van der Waals surface area (Å²) in [6.07, 6.45) is 0. The largest absolute Gasteiger partial charge is 0.307 e. The van der Waals surface area contributed by atoms with Crippen LogP contribution >= 0.6 is 22.6 Å². The molecule has 3 nitrogen and oxygen atoms in total. The summed E-state index contributed by atoms with van der Waals surface area (Å²) in [6, 6.07) is 10.4. The maximum absolute atomic E-state index is 4.18. The third kappa shape index (κ3) is 3.05. The van der Waals surface area contributed by atoms with Gasteiger partial charge in [-0.25, -0.2) is 0 Å². The first kappa shape index (κ1) is 11.6. The fourth-order valence-corrected chi connectivity index (χ4v) is 2.11. The molecular weight excluding hydrogens is 313 g/mol. The number of halogens is 1. The molecule has 2 aromatic rings. The molecular formula is C12H14IN3. The first-order chi connectivity index (χ1) is 7.75. The van der Waals surface area contributed by atoms with Crippen molar-refractivity contribution in [2.24, 2.45) is 0 Å². The van der Waals surface area contributed by atoms with Gasteiger partial charge in [-0.15, -0.1) is 0 Å². The summed E-state index contributed by atoms with van der Waals surface area (Å²) in [4.78, 5) is 0. The second-order valence-corrected chi connectivity index (χ2v) is 4.90. The number of aromatic amines is 1. The molecule has 0 bridgehead atoms. The summed E-state index contributed by atoms with van der Waals surface area (Å²) in [7, 11) is 0. The van der Waals surface area contributed by atoms with Gasteiger partial charge in [0.05, 0.1) is 5.69 Å². The molecule has 0 fully saturated rings. The molecule has 4 heteroatoms. The van der Waals surface area contributed by atoms with Crippen molar-refractivity contribution in [1.82, 2.24) is 15.5 Å². The first-order valence-corrected chi connectivity index (χ1v) is 6.28. The van der Waals surface area contributed by atoms with Crippen LogP contribution in [0.4, 0.5) is 0 Å². The van der Waals surface area contributed by atoms with Gasteiger partial charge in [0.15, 0.2) is 0 Å². The van der Waals surface area contributed by atoms with Crippen LogP contribution in [-0.4, -0.2) is 10.2 Å². The molecule has 0 spiro atoms. The summed E-state index contributed by atoms with van der Waals surface area (Å²) in [5.41, 5.74) is 3.49. The maximum Gasteiger partial charge on any atom is 0.0762 e. The van der Waals surface area contributed by atoms with Crippen LogP contribution in [0.25, 0.3) is 0 Å². The minimum Gasteiger partial charge on any atom is -0.307 e. The van der Waals surface area contributed by atoms with Crippen molar-refractivity contribution in [3.8, 4) is 0 Å². The average molecular weight is 327 g/mol. The summed E-state index contributed by atoms with van der Waals surface area (Å²) in [6.45, 7) is 3.69. The van der Waals surface area contributed by atoms with E-state index in [0.29, 0.717) is 0 Å². The zero-order chi connectivity index (χ0) is 11.4. The number of nitrogens with zero attached hydrogens (tertiary/aromatic N) is 1. The van der Waals surface area contributed by atoms with Gasteiger partial charge >= 0.3 is 0 Å². The molecule has 0 saturated heterocycles. The lowest BCUT2D eigenvalue weighted by Crippen LogP contribution is -2.13. The molecule has 16 heavy (non-hydrogen) atoms. The van der Waals surface area contributed by atoms with E-state index < -0.39 is 0 Å². The highest BCUT2D eigenvalue weighted by molar-refractivity contribution is 14.1. The van der Waals surface area contributed by atoms with Crippen molar-refractivity contribution in [3.05, 3.63) is 50.9 Å². The van der Waals surface area contributed by atoms with E-state index in [1.165, 1.54) is 9.13 Å². The molecule has 1 heterocycles. The third-order valence-corrected chi connectivity index (χ3v) is 3.39. The van der Waals surface area contributed by atoms with Crippen LogP contribution in [-0.2, 0) is 13.1 Å². The van der Waals surface area contributed by atoms with Gasteiger partial charge in [-0.2, -0.15) is 5.10 Å². The Hall–Kier alpha value is -0.880. The number of aryl methyl sites for hydroxylation is 1. The lowest BCUT2D eigenvalue weighted by Gasteiger charge is -2.04. The number of nitrogens with one attached hydrogen (secondary N) is 2. The highest BCUT2D eigenvalue weighted by Crippen LogP contribution is 2.11. The highest BCUT2D eigenvalue weighted by Gasteiger charge is 1.99. The molecule has 0 atom stereocenters. The Morgan fingerprint density at radius 1 is 1.31 bits per heavy atom. The van der Waals surface area contributed by atoms with Crippen LogP contribution in [0.1, 0.15) is 17.0 Å². The molecule has 0 aliphatic rings. The zero-order valence-electron chi connectivity index (χ0n) is 9.13. The van der Waals surface area contributed by atoms with Crippen molar-refractivity contribution in [3.63, 3.8) is 0 Å². The van der Waals surface area contributed by atoms with Gasteiger partial charge in [0, 0.05) is 22.4 Å². The Kier molecular flexibility index (Phi) is 3.95. The van der Waals surface area contributed by atoms with Crippen LogP contribution in [0.2, 0.25) is 0 Å². The van der Waals surface area contributed by atoms with E-state index in [2.05, 4.69) is 68.4 Å². The van der Waals surface area contributed by atoms with Gasteiger partial charge < -0.3 is 5.32 Å². The van der Waals surface area contributed by atoms with E-state index in [9.17, 15) is 0 Å². The van der Waals surface area contributed by atoms with Crippen molar-refractivity contribution in [1.29, 1.82) is 0 Å². The lowest BCUT2D eigenvalue weighted by atomic mass is 10.2. The van der Waals surface area contributed by atoms with E-state index in [-0.39, 0.29) is 0 Å². The van der Waals surface area contributed by atoms with E-state index in [0.717, 1.165) is 24.5 Å². The van der Waals surface area contributed by atoms with E-state index in [4.69, 9.17) is 0 Å². The molecule has 0 aliphatic carbocycles. The second-order valence-electron chi connectivity index (χ2n) is 3.74. The monoisotopic (exact) mass is 327 g/mol. The van der Waals surface area contributed by atoms with E-state index in [1.807, 2.05) is 6.92 Å². The van der Waals surface area contributed by atoms with Gasteiger partial charge in [-0.05, 0) is 47.2 Å². The highest BCUT2D eigenvalue weighted by atomic mass is 127. The number of rotatable bonds is 4. The minimum atomic E-state index is 0.801. The number of hydrogen-bond donors (Lipinski definition) is 2. The molecule has 1 aromatic carbocycles. The molecule has 0 saturated carbocycles. The summed E-state index contributed by atoms with van der Waals surface area (Å²) < 4.78 is 1.30. The predicted octanol–water partition coefficient (Wildman–Crippen LogP) is 2.61. The molecule has 0 amide bonds. The molecule has 84 valence electrons. The maximum atomic E-state index is 4.18. The molecule has 2 N–H and O–H groups in total. The topological polar surface area (TPSA) is 40.7 Å². The molecule has 0 radical (unpaired) electrons. The molecule has 2 rings (SSSR count). The fourth-order valence-electron chi connectivity index (χ4n) is 1.53. The van der Waals surface area contributed by atoms with E-state index in [1.54, 1.807) is 0 Å². The normalized spacial score (nSPS) is 10.6. The Morgan fingerprint density at radius 3 is 2.81 bits per heavy atom. The molecule has 1 aromatic heterocycles. The standard InChI is InChI=1S/C12H14IN3/c1-9-6-11(16-15-9)8-14-7-10-4-2-3-5-12(10)13/h2-6,14H,7-8H2,1H3,(H,15,16). The Balaban J connectivity index is 1.87. The number of aromatic nitrogens is 2. The minimum absolute atomic E-state index is 0.801. The Morgan fingerprint density at radius 2 is 2.12 bits per heavy atom. The van der Waals surface area contributed by atoms with Gasteiger partial charge in [-0.1, -0.05) is 18.2 Å². The van der Waals surface area contributed by atoms with Crippen LogP contribution < -0.4 is 5.32 Å². The summed E-state index contributed by atoms with van der Waals surface area (Å²) in [5, 5.41) is 10.5. The zero-order valence-corrected chi connectivity index (χ0v) is 11.3. The van der Waals surface area contributed by atoms with Crippen LogP contribution in [0, 0.1) is 10.5 Å². The van der Waals surface area contributed by atoms with Gasteiger partial charge in [0.2, 0.25) is 0 Å². The van der Waals surface area contributed by atoms with Crippen molar-refractivity contribution < 1.29 is 0 Å². The number of H-pyrrole nitrogens is 1. The van der Waals surface area contributed by atoms with Gasteiger partial charge in [-0.3, -0.25) is 5.10 Å². The molecule has 0 unspecified atom stereocenters.